The summed E-state index contributed by atoms with van der Waals surface area (Å²) in [5.74, 6) is -0.569. The number of benzene rings is 2. The summed E-state index contributed by atoms with van der Waals surface area (Å²) in [6.07, 6.45) is 0. The van der Waals surface area contributed by atoms with Gasteiger partial charge in [-0.1, -0.05) is 29.3 Å². The summed E-state index contributed by atoms with van der Waals surface area (Å²) in [5.41, 5.74) is 2.15. The molecule has 0 fully saturated rings. The van der Waals surface area contributed by atoms with Gasteiger partial charge in [-0.05, 0) is 49.2 Å². The number of carbonyl (C=O) groups is 1. The summed E-state index contributed by atoms with van der Waals surface area (Å²) in [4.78, 5) is 12.3. The Bertz CT molecular complexity index is 684. The Balaban J connectivity index is 2.36. The van der Waals surface area contributed by atoms with Gasteiger partial charge in [0, 0.05) is 5.02 Å². The van der Waals surface area contributed by atoms with Gasteiger partial charge in [0.05, 0.1) is 16.3 Å². The van der Waals surface area contributed by atoms with Crippen LogP contribution in [0.3, 0.4) is 0 Å². The highest BCUT2D eigenvalue weighted by atomic mass is 35.5. The number of aromatic hydroxyl groups is 1. The number of halogens is 2. The number of phenols is 1. The molecule has 0 aliphatic rings. The van der Waals surface area contributed by atoms with E-state index >= 15 is 0 Å². The lowest BCUT2D eigenvalue weighted by atomic mass is 10.1. The predicted octanol–water partition coefficient (Wildman–Crippen LogP) is 4.57. The van der Waals surface area contributed by atoms with Gasteiger partial charge in [-0.2, -0.15) is 0 Å². The average Bonchev–Trinajstić information content (AvgIpc) is 2.38. The van der Waals surface area contributed by atoms with Gasteiger partial charge in [0.15, 0.2) is 0 Å². The van der Waals surface area contributed by atoms with Crippen LogP contribution in [0.5, 0.6) is 5.75 Å². The molecule has 0 aromatic heterocycles. The van der Waals surface area contributed by atoms with Crippen LogP contribution in [0.15, 0.2) is 30.3 Å². The van der Waals surface area contributed by atoms with Crippen LogP contribution in [0.2, 0.25) is 10.0 Å². The highest BCUT2D eigenvalue weighted by Gasteiger charge is 2.17. The van der Waals surface area contributed by atoms with Crippen molar-refractivity contribution in [1.82, 2.24) is 0 Å². The second-order valence-electron chi connectivity index (χ2n) is 4.50. The van der Waals surface area contributed by atoms with Gasteiger partial charge in [0.25, 0.3) is 5.91 Å². The molecule has 5 heteroatoms. The molecule has 0 bridgehead atoms. The Morgan fingerprint density at radius 2 is 1.80 bits per heavy atom. The van der Waals surface area contributed by atoms with E-state index in [4.69, 9.17) is 23.2 Å². The number of amides is 1. The number of carbonyl (C=O) groups excluding carboxylic acids is 1. The topological polar surface area (TPSA) is 49.3 Å². The lowest BCUT2D eigenvalue weighted by Crippen LogP contribution is -2.14. The molecule has 2 aromatic carbocycles. The first-order valence-corrected chi connectivity index (χ1v) is 6.71. The summed E-state index contributed by atoms with van der Waals surface area (Å²) in [5, 5.41) is 13.4. The van der Waals surface area contributed by atoms with Gasteiger partial charge < -0.3 is 10.4 Å². The Morgan fingerprint density at radius 3 is 2.45 bits per heavy atom. The fraction of sp³-hybridized carbons (Fsp3) is 0.133. The van der Waals surface area contributed by atoms with E-state index in [2.05, 4.69) is 5.32 Å². The molecule has 0 aliphatic carbocycles. The van der Waals surface area contributed by atoms with E-state index in [0.29, 0.717) is 21.3 Å². The minimum Gasteiger partial charge on any atom is -0.507 e. The van der Waals surface area contributed by atoms with Crippen molar-refractivity contribution in [2.45, 2.75) is 13.8 Å². The van der Waals surface area contributed by atoms with Crippen molar-refractivity contribution >= 4 is 34.8 Å². The molecular formula is C15H13Cl2NO2. The van der Waals surface area contributed by atoms with E-state index in [1.165, 1.54) is 6.07 Å². The van der Waals surface area contributed by atoms with Crippen molar-refractivity contribution in [3.8, 4) is 5.75 Å². The smallest absolute Gasteiger partial charge is 0.259 e. The van der Waals surface area contributed by atoms with Crippen LogP contribution in [-0.2, 0) is 0 Å². The number of anilines is 1. The van der Waals surface area contributed by atoms with Crippen molar-refractivity contribution in [1.29, 1.82) is 0 Å². The normalized spacial score (nSPS) is 10.4. The van der Waals surface area contributed by atoms with E-state index in [1.54, 1.807) is 25.1 Å². The lowest BCUT2D eigenvalue weighted by molar-refractivity contribution is 0.102. The fourth-order valence-corrected chi connectivity index (χ4v) is 2.30. The number of nitrogens with one attached hydrogen (secondary N) is 1. The maximum Gasteiger partial charge on any atom is 0.259 e. The quantitative estimate of drug-likeness (QED) is 0.853. The molecule has 0 saturated carbocycles. The summed E-state index contributed by atoms with van der Waals surface area (Å²) >= 11 is 12.0. The van der Waals surface area contributed by atoms with Gasteiger partial charge in [-0.3, -0.25) is 4.79 Å². The minimum atomic E-state index is -0.451. The van der Waals surface area contributed by atoms with E-state index in [0.717, 1.165) is 5.56 Å². The van der Waals surface area contributed by atoms with Crippen molar-refractivity contribution in [3.05, 3.63) is 57.1 Å². The molecule has 0 atom stereocenters. The molecule has 1 amide bonds. The Hall–Kier alpha value is -1.71. The SMILES string of the molecule is Cc1ccc(NC(=O)c2c(O)ccc(Cl)c2C)c(Cl)c1. The number of hydrogen-bond donors (Lipinski definition) is 2. The average molecular weight is 310 g/mol. The highest BCUT2D eigenvalue weighted by molar-refractivity contribution is 6.34. The third-order valence-electron chi connectivity index (χ3n) is 2.98. The Kier molecular flexibility index (Phi) is 4.21. The second kappa shape index (κ2) is 5.73. The van der Waals surface area contributed by atoms with Crippen molar-refractivity contribution in [2.24, 2.45) is 0 Å². The predicted molar refractivity (Wildman–Crippen MR) is 82.0 cm³/mol. The zero-order valence-electron chi connectivity index (χ0n) is 11.0. The molecule has 2 rings (SSSR count). The molecule has 0 aliphatic heterocycles. The van der Waals surface area contributed by atoms with Gasteiger partial charge in [-0.15, -0.1) is 0 Å². The van der Waals surface area contributed by atoms with E-state index in [1.807, 2.05) is 13.0 Å². The molecule has 0 spiro atoms. The molecule has 2 aromatic rings. The first-order chi connectivity index (χ1) is 9.40. The van der Waals surface area contributed by atoms with Crippen LogP contribution in [0.25, 0.3) is 0 Å². The van der Waals surface area contributed by atoms with Gasteiger partial charge >= 0.3 is 0 Å². The Morgan fingerprint density at radius 1 is 1.10 bits per heavy atom. The van der Waals surface area contributed by atoms with E-state index in [9.17, 15) is 9.90 Å². The molecular weight excluding hydrogens is 297 g/mol. The number of phenolic OH excluding ortho intramolecular Hbond substituents is 1. The van der Waals surface area contributed by atoms with E-state index < -0.39 is 5.91 Å². The molecule has 0 heterocycles. The number of aryl methyl sites for hydroxylation is 1. The van der Waals surface area contributed by atoms with Crippen LogP contribution in [0.4, 0.5) is 5.69 Å². The van der Waals surface area contributed by atoms with Crippen LogP contribution in [0.1, 0.15) is 21.5 Å². The van der Waals surface area contributed by atoms with Crippen LogP contribution in [-0.4, -0.2) is 11.0 Å². The van der Waals surface area contributed by atoms with Gasteiger partial charge in [-0.25, -0.2) is 0 Å². The van der Waals surface area contributed by atoms with Crippen LogP contribution < -0.4 is 5.32 Å². The van der Waals surface area contributed by atoms with Gasteiger partial charge in [0.2, 0.25) is 0 Å². The lowest BCUT2D eigenvalue weighted by Gasteiger charge is -2.12. The van der Waals surface area contributed by atoms with E-state index in [-0.39, 0.29) is 11.3 Å². The van der Waals surface area contributed by atoms with Crippen molar-refractivity contribution in [3.63, 3.8) is 0 Å². The van der Waals surface area contributed by atoms with Gasteiger partial charge in [0.1, 0.15) is 5.75 Å². The minimum absolute atomic E-state index is 0.118. The maximum absolute atomic E-state index is 12.3. The molecule has 2 N–H and O–H groups in total. The molecule has 0 radical (unpaired) electrons. The molecule has 0 saturated heterocycles. The number of hydrogen-bond acceptors (Lipinski definition) is 2. The summed E-state index contributed by atoms with van der Waals surface area (Å²) in [6.45, 7) is 3.58. The summed E-state index contributed by atoms with van der Waals surface area (Å²) in [7, 11) is 0. The van der Waals surface area contributed by atoms with Crippen molar-refractivity contribution < 1.29 is 9.90 Å². The first kappa shape index (κ1) is 14.7. The standard InChI is InChI=1S/C15H13Cl2NO2/c1-8-3-5-12(11(17)7-8)18-15(20)14-9(2)10(16)4-6-13(14)19/h3-7,19H,1-2H3,(H,18,20). The first-order valence-electron chi connectivity index (χ1n) is 5.95. The van der Waals surface area contributed by atoms with Crippen LogP contribution >= 0.6 is 23.2 Å². The highest BCUT2D eigenvalue weighted by Crippen LogP contribution is 2.29. The zero-order chi connectivity index (χ0) is 14.9. The molecule has 104 valence electrons. The third kappa shape index (κ3) is 2.89. The maximum atomic E-state index is 12.3. The zero-order valence-corrected chi connectivity index (χ0v) is 12.5. The molecule has 20 heavy (non-hydrogen) atoms. The number of rotatable bonds is 2. The third-order valence-corrected chi connectivity index (χ3v) is 3.70. The second-order valence-corrected chi connectivity index (χ2v) is 5.32. The largest absolute Gasteiger partial charge is 0.507 e. The fourth-order valence-electron chi connectivity index (χ4n) is 1.86. The summed E-state index contributed by atoms with van der Waals surface area (Å²) < 4.78 is 0. The molecule has 0 unspecified atom stereocenters. The summed E-state index contributed by atoms with van der Waals surface area (Å²) in [6, 6.07) is 8.24. The van der Waals surface area contributed by atoms with Crippen LogP contribution in [0, 0.1) is 13.8 Å². The Labute approximate surface area is 127 Å². The monoisotopic (exact) mass is 309 g/mol. The van der Waals surface area contributed by atoms with Crippen molar-refractivity contribution in [2.75, 3.05) is 5.32 Å². The molecule has 3 nitrogen and oxygen atoms in total.